The molecule has 4 nitrogen and oxygen atoms in total. The molecule has 0 spiro atoms. The molecule has 0 saturated heterocycles. The second kappa shape index (κ2) is 7.61. The summed E-state index contributed by atoms with van der Waals surface area (Å²) in [7, 11) is 0. The van der Waals surface area contributed by atoms with Crippen LogP contribution in [0.3, 0.4) is 0 Å². The van der Waals surface area contributed by atoms with E-state index in [-0.39, 0.29) is 6.71 Å². The zero-order valence-corrected chi connectivity index (χ0v) is 21.8. The summed E-state index contributed by atoms with van der Waals surface area (Å²) in [6.07, 6.45) is 0. The topological polar surface area (TPSA) is 36.5 Å². The lowest BCUT2D eigenvalue weighted by Crippen LogP contribution is -2.57. The molecule has 0 bridgehead atoms. The Bertz CT molecular complexity index is 2350. The molecule has 10 rings (SSSR count). The van der Waals surface area contributed by atoms with Crippen molar-refractivity contribution in [2.75, 3.05) is 0 Å². The summed E-state index contributed by atoms with van der Waals surface area (Å²) in [6.45, 7) is -0.0292. The fourth-order valence-electron chi connectivity index (χ4n) is 7.00. The lowest BCUT2D eigenvalue weighted by Gasteiger charge is -2.33. The quantitative estimate of drug-likeness (QED) is 0.210. The molecule has 0 N–H and O–H groups in total. The molecule has 0 unspecified atom stereocenters. The first-order valence-electron chi connectivity index (χ1n) is 13.9. The zero-order chi connectivity index (χ0) is 26.7. The van der Waals surface area contributed by atoms with Gasteiger partial charge in [-0.1, -0.05) is 84.9 Å². The van der Waals surface area contributed by atoms with Crippen LogP contribution < -0.4 is 25.9 Å². The molecule has 2 aliphatic rings. The lowest BCUT2D eigenvalue weighted by atomic mass is 9.35. The van der Waals surface area contributed by atoms with Gasteiger partial charge in [0.2, 0.25) is 0 Å². The molecule has 0 saturated carbocycles. The van der Waals surface area contributed by atoms with Gasteiger partial charge in [0.05, 0.1) is 16.7 Å². The van der Waals surface area contributed by atoms with E-state index in [1.165, 1.54) is 10.8 Å². The third-order valence-electron chi connectivity index (χ3n) is 8.72. The van der Waals surface area contributed by atoms with Crippen molar-refractivity contribution in [2.24, 2.45) is 0 Å². The van der Waals surface area contributed by atoms with Gasteiger partial charge in [-0.3, -0.25) is 0 Å². The molecule has 0 radical (unpaired) electrons. The second-order valence-electron chi connectivity index (χ2n) is 10.9. The number of rotatable bonds is 1. The Kier molecular flexibility index (Phi) is 3.98. The Labute approximate surface area is 235 Å². The third kappa shape index (κ3) is 2.75. The van der Waals surface area contributed by atoms with Crippen molar-refractivity contribution in [3.05, 3.63) is 121 Å². The molecule has 0 aliphatic carbocycles. The van der Waals surface area contributed by atoms with Crippen molar-refractivity contribution in [3.63, 3.8) is 0 Å². The van der Waals surface area contributed by atoms with Crippen molar-refractivity contribution in [3.8, 4) is 28.7 Å². The molecule has 2 aromatic heterocycles. The molecule has 0 amide bonds. The fourth-order valence-corrected chi connectivity index (χ4v) is 7.00. The summed E-state index contributed by atoms with van der Waals surface area (Å²) < 4.78 is 22.2. The summed E-state index contributed by atoms with van der Waals surface area (Å²) in [5, 5.41) is 4.58. The minimum Gasteiger partial charge on any atom is -0.458 e. The van der Waals surface area contributed by atoms with E-state index in [9.17, 15) is 0 Å². The number of hydrogen-bond acceptors (Lipinski definition) is 3. The second-order valence-corrected chi connectivity index (χ2v) is 10.9. The molecule has 0 atom stereocenters. The maximum absolute atomic E-state index is 6.86. The molecular formula is C36H20BNO3. The van der Waals surface area contributed by atoms with Crippen LogP contribution >= 0.6 is 0 Å². The first-order chi connectivity index (χ1) is 20.3. The number of nitrogens with zero attached hydrogens (tertiary/aromatic N) is 1. The van der Waals surface area contributed by atoms with E-state index in [4.69, 9.17) is 13.9 Å². The number of hydrogen-bond donors (Lipinski definition) is 0. The Hall–Kier alpha value is -5.42. The highest BCUT2D eigenvalue weighted by Crippen LogP contribution is 2.42. The highest BCUT2D eigenvalue weighted by Gasteiger charge is 2.41. The molecular weight excluding hydrogens is 505 g/mol. The van der Waals surface area contributed by atoms with Crippen LogP contribution in [0.5, 0.6) is 23.0 Å². The van der Waals surface area contributed by atoms with Gasteiger partial charge in [-0.15, -0.1) is 0 Å². The zero-order valence-electron chi connectivity index (χ0n) is 21.8. The van der Waals surface area contributed by atoms with Crippen molar-refractivity contribution in [1.82, 2.24) is 4.57 Å². The van der Waals surface area contributed by atoms with E-state index in [1.54, 1.807) is 0 Å². The van der Waals surface area contributed by atoms with E-state index in [0.29, 0.717) is 0 Å². The Morgan fingerprint density at radius 3 is 1.98 bits per heavy atom. The van der Waals surface area contributed by atoms with Crippen LogP contribution in [0.25, 0.3) is 49.4 Å². The van der Waals surface area contributed by atoms with Crippen LogP contribution in [0.1, 0.15) is 0 Å². The van der Waals surface area contributed by atoms with Crippen LogP contribution in [0.2, 0.25) is 0 Å². The van der Waals surface area contributed by atoms with E-state index in [0.717, 1.165) is 78.0 Å². The van der Waals surface area contributed by atoms with Crippen molar-refractivity contribution < 1.29 is 13.9 Å². The monoisotopic (exact) mass is 525 g/mol. The molecule has 2 aliphatic heterocycles. The van der Waals surface area contributed by atoms with Crippen LogP contribution in [0.4, 0.5) is 0 Å². The Morgan fingerprint density at radius 2 is 1.17 bits per heavy atom. The van der Waals surface area contributed by atoms with Gasteiger partial charge in [-0.05, 0) is 35.2 Å². The van der Waals surface area contributed by atoms with Gasteiger partial charge in [0.25, 0.3) is 6.71 Å². The first-order valence-corrected chi connectivity index (χ1v) is 13.9. The maximum atomic E-state index is 6.86. The van der Waals surface area contributed by atoms with Gasteiger partial charge in [-0.2, -0.15) is 0 Å². The minimum atomic E-state index is -0.0292. The molecule has 4 heterocycles. The molecule has 0 fully saturated rings. The minimum absolute atomic E-state index is 0.0292. The fraction of sp³-hybridized carbons (Fsp3) is 0. The Morgan fingerprint density at radius 1 is 0.512 bits per heavy atom. The molecule has 5 heteroatoms. The number of benzene rings is 6. The highest BCUT2D eigenvalue weighted by molar-refractivity contribution is 6.98. The summed E-state index contributed by atoms with van der Waals surface area (Å²) in [4.78, 5) is 0. The summed E-state index contributed by atoms with van der Waals surface area (Å²) in [5.74, 6) is 3.25. The van der Waals surface area contributed by atoms with Gasteiger partial charge in [0, 0.05) is 39.1 Å². The van der Waals surface area contributed by atoms with E-state index < -0.39 is 0 Å². The van der Waals surface area contributed by atoms with Crippen LogP contribution in [0.15, 0.2) is 126 Å². The number of furan rings is 1. The first kappa shape index (κ1) is 21.4. The lowest BCUT2D eigenvalue weighted by molar-refractivity contribution is 0.461. The van der Waals surface area contributed by atoms with Crippen LogP contribution in [-0.2, 0) is 0 Å². The molecule has 6 aromatic carbocycles. The standard InChI is InChI=1S/C36H20BNO3/c1-5-13-28-22(9-1)23-10-2-6-14-29(23)38(28)21-19-32-34-33(20-21)41-36-27(37(34)26-12-4-8-16-31(26)39-32)18-17-25-24-11-3-7-15-30(24)40-35(25)36/h1-20H. The predicted octanol–water partition coefficient (Wildman–Crippen LogP) is 7.41. The van der Waals surface area contributed by atoms with E-state index >= 15 is 0 Å². The summed E-state index contributed by atoms with van der Waals surface area (Å²) in [6, 6.07) is 42.3. The van der Waals surface area contributed by atoms with E-state index in [1.807, 2.05) is 24.3 Å². The Balaban J connectivity index is 1.29. The smallest absolute Gasteiger partial charge is 0.260 e. The van der Waals surface area contributed by atoms with Gasteiger partial charge in [-0.25, -0.2) is 0 Å². The summed E-state index contributed by atoms with van der Waals surface area (Å²) >= 11 is 0. The van der Waals surface area contributed by atoms with Gasteiger partial charge in [0.15, 0.2) is 11.3 Å². The maximum Gasteiger partial charge on any atom is 0.260 e. The average Bonchev–Trinajstić information content (AvgIpc) is 3.57. The third-order valence-corrected chi connectivity index (χ3v) is 8.72. The number of fused-ring (bicyclic) bond motifs is 11. The van der Waals surface area contributed by atoms with Gasteiger partial charge in [0.1, 0.15) is 22.8 Å². The molecule has 41 heavy (non-hydrogen) atoms. The number of aromatic nitrogens is 1. The van der Waals surface area contributed by atoms with Crippen LogP contribution in [0, 0.1) is 0 Å². The number of para-hydroxylation sites is 4. The van der Waals surface area contributed by atoms with Crippen molar-refractivity contribution >= 4 is 66.8 Å². The number of ether oxygens (including phenoxy) is 2. The normalized spacial score (nSPS) is 13.2. The SMILES string of the molecule is c1ccc2c(c1)Oc1cc(-n3c4ccccc4c4ccccc43)cc3c1B2c1ccc2c(oc4ccccc42)c1O3. The van der Waals surface area contributed by atoms with Gasteiger partial charge >= 0.3 is 0 Å². The predicted molar refractivity (Wildman–Crippen MR) is 166 cm³/mol. The highest BCUT2D eigenvalue weighted by atomic mass is 16.5. The largest absolute Gasteiger partial charge is 0.458 e. The van der Waals surface area contributed by atoms with Crippen LogP contribution in [-0.4, -0.2) is 11.3 Å². The molecule has 8 aromatic rings. The molecule has 190 valence electrons. The summed E-state index contributed by atoms with van der Waals surface area (Å²) in [5.41, 5.74) is 8.19. The van der Waals surface area contributed by atoms with E-state index in [2.05, 4.69) is 102 Å². The average molecular weight is 525 g/mol. The van der Waals surface area contributed by atoms with Gasteiger partial charge < -0.3 is 18.5 Å². The van der Waals surface area contributed by atoms with Crippen molar-refractivity contribution in [2.45, 2.75) is 0 Å². The van der Waals surface area contributed by atoms with Crippen molar-refractivity contribution in [1.29, 1.82) is 0 Å².